The lowest BCUT2D eigenvalue weighted by atomic mass is 9.36. The molecule has 7 unspecified atom stereocenters. The van der Waals surface area contributed by atoms with E-state index in [0.717, 1.165) is 23.7 Å². The molecule has 7 atom stereocenters. The van der Waals surface area contributed by atoms with Crippen molar-refractivity contribution in [3.8, 4) is 0 Å². The molecule has 132 valence electrons. The Morgan fingerprint density at radius 3 is 2.09 bits per heavy atom. The fraction of sp³-hybridized carbons (Fsp3) is 1.00. The number of fused-ring (bicyclic) bond motifs is 5. The van der Waals surface area contributed by atoms with Gasteiger partial charge >= 0.3 is 0 Å². The van der Waals surface area contributed by atoms with Crippen LogP contribution in [0.5, 0.6) is 0 Å². The van der Waals surface area contributed by atoms with Crippen molar-refractivity contribution in [1.29, 1.82) is 0 Å². The van der Waals surface area contributed by atoms with Crippen molar-refractivity contribution in [3.05, 3.63) is 0 Å². The van der Waals surface area contributed by atoms with E-state index in [1.165, 1.54) is 57.8 Å². The van der Waals surface area contributed by atoms with Crippen LogP contribution in [0.2, 0.25) is 0 Å². The maximum atomic E-state index is 2.74. The molecular formula is C23H40. The predicted octanol–water partition coefficient (Wildman–Crippen LogP) is 7.08. The molecular weight excluding hydrogens is 276 g/mol. The van der Waals surface area contributed by atoms with Crippen LogP contribution in [0.1, 0.15) is 99.3 Å². The maximum Gasteiger partial charge on any atom is -0.0235 e. The Bertz CT molecular complexity index is 490. The molecule has 0 bridgehead atoms. The molecule has 4 rings (SSSR count). The average molecular weight is 317 g/mol. The van der Waals surface area contributed by atoms with Crippen LogP contribution in [-0.4, -0.2) is 0 Å². The molecule has 0 aromatic rings. The Morgan fingerprint density at radius 2 is 1.35 bits per heavy atom. The third kappa shape index (κ3) is 1.90. The van der Waals surface area contributed by atoms with Crippen molar-refractivity contribution in [2.75, 3.05) is 0 Å². The van der Waals surface area contributed by atoms with Gasteiger partial charge in [0.1, 0.15) is 0 Å². The summed E-state index contributed by atoms with van der Waals surface area (Å²) in [6.07, 6.45) is 13.5. The molecule has 4 aliphatic rings. The Kier molecular flexibility index (Phi) is 3.43. The third-order valence-corrected chi connectivity index (χ3v) is 10.5. The zero-order valence-electron chi connectivity index (χ0n) is 16.7. The summed E-state index contributed by atoms with van der Waals surface area (Å²) in [6, 6.07) is 0. The molecule has 0 aromatic carbocycles. The lowest BCUT2D eigenvalue weighted by molar-refractivity contribution is -0.202. The Morgan fingerprint density at radius 1 is 0.652 bits per heavy atom. The largest absolute Gasteiger partial charge is 0.0622 e. The molecule has 23 heavy (non-hydrogen) atoms. The molecule has 0 nitrogen and oxygen atoms in total. The topological polar surface area (TPSA) is 0 Å². The second kappa shape index (κ2) is 4.79. The summed E-state index contributed by atoms with van der Waals surface area (Å²) in [7, 11) is 0. The Hall–Kier alpha value is 0. The van der Waals surface area contributed by atoms with Crippen LogP contribution in [-0.2, 0) is 0 Å². The highest BCUT2D eigenvalue weighted by Gasteiger charge is 2.67. The molecule has 0 aliphatic heterocycles. The highest BCUT2D eigenvalue weighted by atomic mass is 14.7. The summed E-state index contributed by atoms with van der Waals surface area (Å²) in [4.78, 5) is 0. The van der Waals surface area contributed by atoms with E-state index >= 15 is 0 Å². The van der Waals surface area contributed by atoms with Gasteiger partial charge in [0, 0.05) is 0 Å². The van der Waals surface area contributed by atoms with E-state index < -0.39 is 0 Å². The van der Waals surface area contributed by atoms with Gasteiger partial charge in [0.05, 0.1) is 0 Å². The summed E-state index contributed by atoms with van der Waals surface area (Å²) in [5, 5.41) is 0. The minimum absolute atomic E-state index is 0.578. The first-order chi connectivity index (χ1) is 10.7. The number of hydrogen-bond acceptors (Lipinski definition) is 0. The van der Waals surface area contributed by atoms with Gasteiger partial charge < -0.3 is 0 Å². The lowest BCUT2D eigenvalue weighted by Crippen LogP contribution is -2.61. The molecule has 0 N–H and O–H groups in total. The monoisotopic (exact) mass is 316 g/mol. The van der Waals surface area contributed by atoms with E-state index in [-0.39, 0.29) is 0 Å². The first-order valence-corrected chi connectivity index (χ1v) is 10.7. The van der Waals surface area contributed by atoms with Gasteiger partial charge in [-0.05, 0) is 96.7 Å². The van der Waals surface area contributed by atoms with Crippen molar-refractivity contribution in [3.63, 3.8) is 0 Å². The molecule has 0 heterocycles. The van der Waals surface area contributed by atoms with E-state index in [9.17, 15) is 0 Å². The lowest BCUT2D eigenvalue weighted by Gasteiger charge is -2.69. The predicted molar refractivity (Wildman–Crippen MR) is 99.3 cm³/mol. The zero-order chi connectivity index (χ0) is 16.7. The van der Waals surface area contributed by atoms with Gasteiger partial charge in [-0.1, -0.05) is 48.0 Å². The molecule has 0 spiro atoms. The van der Waals surface area contributed by atoms with E-state index in [1.54, 1.807) is 0 Å². The van der Waals surface area contributed by atoms with Crippen LogP contribution in [0.15, 0.2) is 0 Å². The van der Waals surface area contributed by atoms with Crippen LogP contribution in [0, 0.1) is 45.3 Å². The fourth-order valence-electron chi connectivity index (χ4n) is 9.18. The number of hydrogen-bond donors (Lipinski definition) is 0. The molecule has 0 aromatic heterocycles. The van der Waals surface area contributed by atoms with E-state index in [4.69, 9.17) is 0 Å². The minimum atomic E-state index is 0.578. The highest BCUT2D eigenvalue weighted by molar-refractivity contribution is 5.15. The smallest absolute Gasteiger partial charge is 0.0235 e. The SMILES string of the molecule is CC1CCC2(C)C1CCC1C3(C)CCCC(C)(C)C3CCC12C. The zero-order valence-corrected chi connectivity index (χ0v) is 16.7. The molecule has 0 radical (unpaired) electrons. The summed E-state index contributed by atoms with van der Waals surface area (Å²) in [6.45, 7) is 15.9. The number of rotatable bonds is 0. The van der Waals surface area contributed by atoms with Crippen LogP contribution in [0.25, 0.3) is 0 Å². The van der Waals surface area contributed by atoms with Crippen molar-refractivity contribution in [1.82, 2.24) is 0 Å². The van der Waals surface area contributed by atoms with E-state index in [1.807, 2.05) is 0 Å². The van der Waals surface area contributed by atoms with E-state index in [0.29, 0.717) is 21.7 Å². The normalized spacial score (nSPS) is 58.2. The van der Waals surface area contributed by atoms with Gasteiger partial charge in [-0.2, -0.15) is 0 Å². The van der Waals surface area contributed by atoms with Crippen molar-refractivity contribution in [2.45, 2.75) is 99.3 Å². The third-order valence-electron chi connectivity index (χ3n) is 10.5. The Labute approximate surface area is 145 Å². The van der Waals surface area contributed by atoms with Crippen molar-refractivity contribution >= 4 is 0 Å². The summed E-state index contributed by atoms with van der Waals surface area (Å²) >= 11 is 0. The molecule has 4 fully saturated rings. The fourth-order valence-corrected chi connectivity index (χ4v) is 9.18. The summed E-state index contributed by atoms with van der Waals surface area (Å²) in [5.74, 6) is 3.95. The van der Waals surface area contributed by atoms with Gasteiger partial charge in [0.2, 0.25) is 0 Å². The van der Waals surface area contributed by atoms with Crippen LogP contribution >= 0.6 is 0 Å². The van der Waals surface area contributed by atoms with Gasteiger partial charge in [-0.15, -0.1) is 0 Å². The second-order valence-electron chi connectivity index (χ2n) is 11.5. The van der Waals surface area contributed by atoms with Gasteiger partial charge in [0.25, 0.3) is 0 Å². The van der Waals surface area contributed by atoms with Crippen LogP contribution in [0.3, 0.4) is 0 Å². The van der Waals surface area contributed by atoms with Crippen LogP contribution < -0.4 is 0 Å². The summed E-state index contributed by atoms with van der Waals surface area (Å²) < 4.78 is 0. The Balaban J connectivity index is 1.75. The molecule has 4 saturated carbocycles. The average Bonchev–Trinajstić information content (AvgIpc) is 2.75. The van der Waals surface area contributed by atoms with E-state index in [2.05, 4.69) is 41.5 Å². The van der Waals surface area contributed by atoms with Crippen molar-refractivity contribution in [2.24, 2.45) is 45.3 Å². The highest BCUT2D eigenvalue weighted by Crippen LogP contribution is 2.75. The minimum Gasteiger partial charge on any atom is -0.0622 e. The molecule has 0 heteroatoms. The molecule has 0 amide bonds. The van der Waals surface area contributed by atoms with Crippen molar-refractivity contribution < 1.29 is 0 Å². The van der Waals surface area contributed by atoms with Crippen LogP contribution in [0.4, 0.5) is 0 Å². The van der Waals surface area contributed by atoms with Gasteiger partial charge in [0.15, 0.2) is 0 Å². The first kappa shape index (κ1) is 16.5. The van der Waals surface area contributed by atoms with Gasteiger partial charge in [-0.3, -0.25) is 0 Å². The molecule has 4 aliphatic carbocycles. The standard InChI is InChI=1S/C23H40/c1-16-10-14-22(5)17(16)8-9-19-21(4)13-7-12-20(2,3)18(21)11-15-23(19,22)6/h16-19H,7-15H2,1-6H3. The quantitative estimate of drug-likeness (QED) is 0.448. The van der Waals surface area contributed by atoms with Gasteiger partial charge in [-0.25, -0.2) is 0 Å². The first-order valence-electron chi connectivity index (χ1n) is 10.7. The maximum absolute atomic E-state index is 2.74. The summed E-state index contributed by atoms with van der Waals surface area (Å²) in [5.41, 5.74) is 2.44. The second-order valence-corrected chi connectivity index (χ2v) is 11.5. The molecule has 0 saturated heterocycles.